The van der Waals surface area contributed by atoms with Crippen LogP contribution in [-0.4, -0.2) is 17.9 Å². The third-order valence-electron chi connectivity index (χ3n) is 4.41. The highest BCUT2D eigenvalue weighted by atomic mass is 19.1. The molecule has 0 aromatic heterocycles. The molecule has 3 aromatic carbocycles. The van der Waals surface area contributed by atoms with Gasteiger partial charge in [-0.2, -0.15) is 0 Å². The van der Waals surface area contributed by atoms with Crippen LogP contribution in [0, 0.1) is 11.6 Å². The topological polar surface area (TPSA) is 81.4 Å². The molecule has 0 radical (unpaired) electrons. The Morgan fingerprint density at radius 1 is 0.933 bits per heavy atom. The number of primary amides is 1. The number of nitrogens with one attached hydrogen (secondary N) is 1. The second-order valence-corrected chi connectivity index (χ2v) is 6.68. The van der Waals surface area contributed by atoms with Crippen molar-refractivity contribution in [2.45, 2.75) is 19.1 Å². The van der Waals surface area contributed by atoms with Crippen LogP contribution >= 0.6 is 0 Å². The standard InChI is InChI=1S/C23H20F2N2O3/c24-17-9-10-19(20(25)13-17)23(29)27-21(22(26)28)12-16-7-4-8-18(11-16)30-14-15-5-2-1-3-6-15/h1-11,13,21H,12,14H2,(H2,26,28)(H,27,29)/t21-/m1/s1. The average Bonchev–Trinajstić information content (AvgIpc) is 2.72. The lowest BCUT2D eigenvalue weighted by Gasteiger charge is -2.16. The first kappa shape index (κ1) is 21.0. The van der Waals surface area contributed by atoms with Gasteiger partial charge >= 0.3 is 0 Å². The van der Waals surface area contributed by atoms with Crippen LogP contribution in [0.4, 0.5) is 8.78 Å². The number of nitrogens with two attached hydrogens (primary N) is 1. The van der Waals surface area contributed by atoms with Crippen molar-refractivity contribution >= 4 is 11.8 Å². The van der Waals surface area contributed by atoms with Gasteiger partial charge in [-0.05, 0) is 35.4 Å². The molecule has 0 aliphatic carbocycles. The Balaban J connectivity index is 1.67. The zero-order valence-electron chi connectivity index (χ0n) is 16.0. The summed E-state index contributed by atoms with van der Waals surface area (Å²) in [7, 11) is 0. The van der Waals surface area contributed by atoms with E-state index in [-0.39, 0.29) is 12.0 Å². The summed E-state index contributed by atoms with van der Waals surface area (Å²) in [5, 5.41) is 2.40. The highest BCUT2D eigenvalue weighted by Crippen LogP contribution is 2.17. The summed E-state index contributed by atoms with van der Waals surface area (Å²) < 4.78 is 32.6. The Labute approximate surface area is 172 Å². The SMILES string of the molecule is NC(=O)[C@@H](Cc1cccc(OCc2ccccc2)c1)NC(=O)c1ccc(F)cc1F. The third-order valence-corrected chi connectivity index (χ3v) is 4.41. The molecule has 2 amide bonds. The molecule has 0 saturated heterocycles. The quantitative estimate of drug-likeness (QED) is 0.597. The molecule has 154 valence electrons. The lowest BCUT2D eigenvalue weighted by molar-refractivity contribution is -0.119. The van der Waals surface area contributed by atoms with E-state index in [0.717, 1.165) is 17.7 Å². The summed E-state index contributed by atoms with van der Waals surface area (Å²) in [5.41, 5.74) is 6.74. The van der Waals surface area contributed by atoms with E-state index in [1.807, 2.05) is 30.3 Å². The molecular formula is C23H20F2N2O3. The van der Waals surface area contributed by atoms with Crippen molar-refractivity contribution in [3.8, 4) is 5.75 Å². The lowest BCUT2D eigenvalue weighted by atomic mass is 10.0. The number of rotatable bonds is 8. The number of benzene rings is 3. The molecule has 3 N–H and O–H groups in total. The number of ether oxygens (including phenoxy) is 1. The van der Waals surface area contributed by atoms with Gasteiger partial charge in [0.05, 0.1) is 5.56 Å². The van der Waals surface area contributed by atoms with Crippen molar-refractivity contribution < 1.29 is 23.1 Å². The number of hydrogen-bond acceptors (Lipinski definition) is 3. The highest BCUT2D eigenvalue weighted by Gasteiger charge is 2.21. The second-order valence-electron chi connectivity index (χ2n) is 6.68. The maximum atomic E-state index is 13.8. The van der Waals surface area contributed by atoms with E-state index in [2.05, 4.69) is 5.32 Å². The zero-order valence-corrected chi connectivity index (χ0v) is 16.0. The van der Waals surface area contributed by atoms with Crippen LogP contribution in [-0.2, 0) is 17.8 Å². The van der Waals surface area contributed by atoms with Crippen LogP contribution < -0.4 is 15.8 Å². The maximum Gasteiger partial charge on any atom is 0.254 e. The maximum absolute atomic E-state index is 13.8. The second kappa shape index (κ2) is 9.65. The number of carbonyl (C=O) groups is 2. The molecule has 0 aliphatic rings. The predicted octanol–water partition coefficient (Wildman–Crippen LogP) is 3.37. The van der Waals surface area contributed by atoms with E-state index in [9.17, 15) is 18.4 Å². The normalized spacial score (nSPS) is 11.5. The number of amides is 2. The fraction of sp³-hybridized carbons (Fsp3) is 0.130. The number of hydrogen-bond donors (Lipinski definition) is 2. The van der Waals surface area contributed by atoms with Crippen molar-refractivity contribution in [3.63, 3.8) is 0 Å². The van der Waals surface area contributed by atoms with Crippen LogP contribution in [0.2, 0.25) is 0 Å². The summed E-state index contributed by atoms with van der Waals surface area (Å²) in [5.74, 6) is -2.86. The molecule has 0 unspecified atom stereocenters. The molecule has 5 nitrogen and oxygen atoms in total. The van der Waals surface area contributed by atoms with Gasteiger partial charge in [-0.3, -0.25) is 9.59 Å². The Morgan fingerprint density at radius 2 is 1.67 bits per heavy atom. The largest absolute Gasteiger partial charge is 0.489 e. The van der Waals surface area contributed by atoms with E-state index in [0.29, 0.717) is 24.0 Å². The van der Waals surface area contributed by atoms with Crippen molar-refractivity contribution in [1.29, 1.82) is 0 Å². The van der Waals surface area contributed by atoms with Gasteiger partial charge < -0.3 is 15.8 Å². The molecular weight excluding hydrogens is 390 g/mol. The van der Waals surface area contributed by atoms with Crippen molar-refractivity contribution in [3.05, 3.63) is 101 Å². The fourth-order valence-electron chi connectivity index (χ4n) is 2.87. The third kappa shape index (κ3) is 5.64. The minimum absolute atomic E-state index is 0.0897. The van der Waals surface area contributed by atoms with Crippen LogP contribution in [0.5, 0.6) is 5.75 Å². The number of halogens is 2. The van der Waals surface area contributed by atoms with E-state index in [1.54, 1.807) is 24.3 Å². The van der Waals surface area contributed by atoms with E-state index in [1.165, 1.54) is 0 Å². The van der Waals surface area contributed by atoms with Gasteiger partial charge in [0, 0.05) is 12.5 Å². The van der Waals surface area contributed by atoms with Gasteiger partial charge in [-0.25, -0.2) is 8.78 Å². The number of carbonyl (C=O) groups excluding carboxylic acids is 2. The molecule has 0 fully saturated rings. The van der Waals surface area contributed by atoms with Gasteiger partial charge in [0.25, 0.3) is 5.91 Å². The minimum atomic E-state index is -1.08. The van der Waals surface area contributed by atoms with Crippen LogP contribution in [0.1, 0.15) is 21.5 Å². The van der Waals surface area contributed by atoms with Gasteiger partial charge in [0.1, 0.15) is 30.0 Å². The van der Waals surface area contributed by atoms with E-state index < -0.39 is 29.5 Å². The molecule has 0 aliphatic heterocycles. The summed E-state index contributed by atoms with van der Waals surface area (Å²) in [6, 6.07) is 18.2. The molecule has 0 heterocycles. The molecule has 30 heavy (non-hydrogen) atoms. The van der Waals surface area contributed by atoms with E-state index in [4.69, 9.17) is 10.5 Å². The zero-order chi connectivity index (χ0) is 21.5. The summed E-state index contributed by atoms with van der Waals surface area (Å²) in [6.07, 6.45) is 0.0897. The van der Waals surface area contributed by atoms with Gasteiger partial charge in [0.2, 0.25) is 5.91 Å². The molecule has 3 rings (SSSR count). The molecule has 0 bridgehead atoms. The van der Waals surface area contributed by atoms with Crippen molar-refractivity contribution in [2.24, 2.45) is 5.73 Å². The van der Waals surface area contributed by atoms with E-state index >= 15 is 0 Å². The highest BCUT2D eigenvalue weighted by molar-refractivity contribution is 5.97. The Bertz CT molecular complexity index is 1040. The smallest absolute Gasteiger partial charge is 0.254 e. The van der Waals surface area contributed by atoms with Gasteiger partial charge in [-0.15, -0.1) is 0 Å². The molecule has 0 saturated carbocycles. The monoisotopic (exact) mass is 410 g/mol. The molecule has 7 heteroatoms. The first-order chi connectivity index (χ1) is 14.4. The lowest BCUT2D eigenvalue weighted by Crippen LogP contribution is -2.46. The Hall–Kier alpha value is -3.74. The average molecular weight is 410 g/mol. The molecule has 3 aromatic rings. The summed E-state index contributed by atoms with van der Waals surface area (Å²) in [6.45, 7) is 0.379. The Kier molecular flexibility index (Phi) is 6.75. The van der Waals surface area contributed by atoms with Crippen molar-refractivity contribution in [2.75, 3.05) is 0 Å². The van der Waals surface area contributed by atoms with Crippen LogP contribution in [0.3, 0.4) is 0 Å². The summed E-state index contributed by atoms with van der Waals surface area (Å²) in [4.78, 5) is 24.1. The molecule has 0 spiro atoms. The fourth-order valence-corrected chi connectivity index (χ4v) is 2.87. The van der Waals surface area contributed by atoms with Gasteiger partial charge in [0.15, 0.2) is 0 Å². The first-order valence-electron chi connectivity index (χ1n) is 9.23. The van der Waals surface area contributed by atoms with Crippen LogP contribution in [0.25, 0.3) is 0 Å². The predicted molar refractivity (Wildman–Crippen MR) is 108 cm³/mol. The van der Waals surface area contributed by atoms with Crippen molar-refractivity contribution in [1.82, 2.24) is 5.32 Å². The van der Waals surface area contributed by atoms with Gasteiger partial charge in [-0.1, -0.05) is 42.5 Å². The van der Waals surface area contributed by atoms with Crippen LogP contribution in [0.15, 0.2) is 72.8 Å². The Morgan fingerprint density at radius 3 is 2.37 bits per heavy atom. The first-order valence-corrected chi connectivity index (χ1v) is 9.23. The molecule has 1 atom stereocenters. The summed E-state index contributed by atoms with van der Waals surface area (Å²) >= 11 is 0. The minimum Gasteiger partial charge on any atom is -0.489 e.